The molecule has 4 heteroatoms. The molecule has 1 aromatic heterocycles. The molecule has 0 radical (unpaired) electrons. The van der Waals surface area contributed by atoms with Crippen LogP contribution in [0.5, 0.6) is 0 Å². The van der Waals surface area contributed by atoms with Crippen LogP contribution in [0, 0.1) is 12.7 Å². The molecule has 0 unspecified atom stereocenters. The van der Waals surface area contributed by atoms with Crippen molar-refractivity contribution in [1.82, 2.24) is 9.88 Å². The van der Waals surface area contributed by atoms with Gasteiger partial charge in [-0.25, -0.2) is 4.39 Å². The second-order valence-corrected chi connectivity index (χ2v) is 6.23. The summed E-state index contributed by atoms with van der Waals surface area (Å²) in [6.07, 6.45) is 0.971. The van der Waals surface area contributed by atoms with Crippen molar-refractivity contribution in [3.8, 4) is 0 Å². The number of carbonyl (C=O) groups is 1. The van der Waals surface area contributed by atoms with Crippen LogP contribution in [0.15, 0.2) is 42.5 Å². The van der Waals surface area contributed by atoms with Crippen molar-refractivity contribution < 1.29 is 9.18 Å². The van der Waals surface area contributed by atoms with Crippen molar-refractivity contribution in [3.05, 3.63) is 70.7 Å². The maximum absolute atomic E-state index is 13.0. The van der Waals surface area contributed by atoms with Crippen LogP contribution >= 0.6 is 0 Å². The van der Waals surface area contributed by atoms with E-state index in [-0.39, 0.29) is 11.7 Å². The number of carbonyl (C=O) groups excluding carboxylic acids is 1. The highest BCUT2D eigenvalue weighted by molar-refractivity contribution is 6.01. The van der Waals surface area contributed by atoms with Crippen molar-refractivity contribution in [2.45, 2.75) is 40.3 Å². The zero-order valence-corrected chi connectivity index (χ0v) is 14.9. The molecule has 3 aromatic rings. The van der Waals surface area contributed by atoms with E-state index in [1.54, 1.807) is 12.1 Å². The van der Waals surface area contributed by atoms with Crippen LogP contribution < -0.4 is 5.32 Å². The molecule has 3 rings (SSSR count). The van der Waals surface area contributed by atoms with Gasteiger partial charge in [-0.3, -0.25) is 4.79 Å². The Hall–Kier alpha value is -2.62. The zero-order valence-electron chi connectivity index (χ0n) is 14.9. The molecule has 1 heterocycles. The van der Waals surface area contributed by atoms with Crippen molar-refractivity contribution in [3.63, 3.8) is 0 Å². The third kappa shape index (κ3) is 3.29. The van der Waals surface area contributed by atoms with E-state index in [1.165, 1.54) is 17.7 Å². The Labute approximate surface area is 147 Å². The number of amides is 1. The lowest BCUT2D eigenvalue weighted by Crippen LogP contribution is -2.26. The van der Waals surface area contributed by atoms with E-state index in [4.69, 9.17) is 0 Å². The molecule has 0 atom stereocenters. The summed E-state index contributed by atoms with van der Waals surface area (Å²) in [4.78, 5) is 12.8. The van der Waals surface area contributed by atoms with Gasteiger partial charge in [-0.2, -0.15) is 0 Å². The molecule has 25 heavy (non-hydrogen) atoms. The second-order valence-electron chi connectivity index (χ2n) is 6.23. The third-order valence-electron chi connectivity index (χ3n) is 4.69. The van der Waals surface area contributed by atoms with E-state index in [0.717, 1.165) is 35.0 Å². The number of hydrogen-bond acceptors (Lipinski definition) is 1. The summed E-state index contributed by atoms with van der Waals surface area (Å²) in [5.41, 5.74) is 4.93. The molecule has 0 aliphatic carbocycles. The first-order valence-electron chi connectivity index (χ1n) is 8.69. The molecule has 3 nitrogen and oxygen atoms in total. The van der Waals surface area contributed by atoms with Crippen LogP contribution in [-0.4, -0.2) is 10.5 Å². The lowest BCUT2D eigenvalue weighted by Gasteiger charge is -2.10. The van der Waals surface area contributed by atoms with Gasteiger partial charge in [0, 0.05) is 24.0 Å². The van der Waals surface area contributed by atoms with Gasteiger partial charge in [-0.05, 0) is 61.2 Å². The van der Waals surface area contributed by atoms with Crippen LogP contribution in [0.2, 0.25) is 0 Å². The first-order chi connectivity index (χ1) is 12.0. The Balaban J connectivity index is 1.92. The number of nitrogens with zero attached hydrogens (tertiary/aromatic N) is 1. The molecule has 0 aliphatic heterocycles. The molecule has 1 N–H and O–H groups in total. The van der Waals surface area contributed by atoms with E-state index < -0.39 is 0 Å². The second kappa shape index (κ2) is 7.09. The fourth-order valence-corrected chi connectivity index (χ4v) is 3.28. The number of benzene rings is 2. The minimum absolute atomic E-state index is 0.0991. The number of hydrogen-bond donors (Lipinski definition) is 1. The van der Waals surface area contributed by atoms with E-state index >= 15 is 0 Å². The molecule has 0 bridgehead atoms. The van der Waals surface area contributed by atoms with Crippen LogP contribution in [0.4, 0.5) is 4.39 Å². The highest BCUT2D eigenvalue weighted by atomic mass is 19.1. The summed E-state index contributed by atoms with van der Waals surface area (Å²) in [5.74, 6) is -0.373. The topological polar surface area (TPSA) is 34.0 Å². The Morgan fingerprint density at radius 2 is 1.76 bits per heavy atom. The fraction of sp³-hybridized carbons (Fsp3) is 0.286. The van der Waals surface area contributed by atoms with E-state index in [2.05, 4.69) is 35.0 Å². The quantitative estimate of drug-likeness (QED) is 0.725. The predicted octanol–water partition coefficient (Wildman–Crippen LogP) is 4.60. The molecule has 0 aliphatic rings. The van der Waals surface area contributed by atoms with Gasteiger partial charge < -0.3 is 9.88 Å². The van der Waals surface area contributed by atoms with Crippen molar-refractivity contribution in [1.29, 1.82) is 0 Å². The molecule has 130 valence electrons. The predicted molar refractivity (Wildman–Crippen MR) is 99.3 cm³/mol. The Morgan fingerprint density at radius 3 is 2.40 bits per heavy atom. The van der Waals surface area contributed by atoms with E-state index in [0.29, 0.717) is 12.2 Å². The van der Waals surface area contributed by atoms with Gasteiger partial charge in [-0.1, -0.05) is 25.1 Å². The average molecular weight is 338 g/mol. The molecule has 1 amide bonds. The number of rotatable bonds is 5. The van der Waals surface area contributed by atoms with Gasteiger partial charge in [0.25, 0.3) is 5.91 Å². The number of aromatic nitrogens is 1. The maximum Gasteiger partial charge on any atom is 0.268 e. The van der Waals surface area contributed by atoms with Crippen LogP contribution in [-0.2, 0) is 19.5 Å². The smallest absolute Gasteiger partial charge is 0.268 e. The first-order valence-corrected chi connectivity index (χ1v) is 8.69. The molecular formula is C21H23FN2O. The largest absolute Gasteiger partial charge is 0.347 e. The standard InChI is InChI=1S/C21H23FN2O/c1-4-15-8-11-19-18(12-15)14(3)20(24(19)5-2)21(25)23-13-16-6-9-17(22)10-7-16/h6-12H,4-5,13H2,1-3H3,(H,23,25). The Bertz CT molecular complexity index is 910. The van der Waals surface area contributed by atoms with Gasteiger partial charge in [0.2, 0.25) is 0 Å². The first kappa shape index (κ1) is 17.2. The number of fused-ring (bicyclic) bond motifs is 1. The Kier molecular flexibility index (Phi) is 4.88. The van der Waals surface area contributed by atoms with Crippen molar-refractivity contribution >= 4 is 16.8 Å². The molecular weight excluding hydrogens is 315 g/mol. The van der Waals surface area contributed by atoms with Gasteiger partial charge >= 0.3 is 0 Å². The molecule has 0 fully saturated rings. The van der Waals surface area contributed by atoms with Crippen molar-refractivity contribution in [2.24, 2.45) is 0 Å². The van der Waals surface area contributed by atoms with Gasteiger partial charge in [-0.15, -0.1) is 0 Å². The summed E-state index contributed by atoms with van der Waals surface area (Å²) in [6.45, 7) is 7.28. The fourth-order valence-electron chi connectivity index (χ4n) is 3.28. The minimum atomic E-state index is -0.274. The number of halogens is 1. The molecule has 0 saturated carbocycles. The normalized spacial score (nSPS) is 11.0. The van der Waals surface area contributed by atoms with Gasteiger partial charge in [0.05, 0.1) is 0 Å². The Morgan fingerprint density at radius 1 is 1.08 bits per heavy atom. The highest BCUT2D eigenvalue weighted by Crippen LogP contribution is 2.27. The number of aryl methyl sites for hydroxylation is 3. The van der Waals surface area contributed by atoms with Crippen LogP contribution in [0.3, 0.4) is 0 Å². The molecule has 0 spiro atoms. The SMILES string of the molecule is CCc1ccc2c(c1)c(C)c(C(=O)NCc1ccc(F)cc1)n2CC. The van der Waals surface area contributed by atoms with Gasteiger partial charge in [0.15, 0.2) is 0 Å². The zero-order chi connectivity index (χ0) is 18.0. The summed E-state index contributed by atoms with van der Waals surface area (Å²) >= 11 is 0. The summed E-state index contributed by atoms with van der Waals surface area (Å²) < 4.78 is 15.1. The maximum atomic E-state index is 13.0. The average Bonchev–Trinajstić information content (AvgIpc) is 2.92. The van der Waals surface area contributed by atoms with Gasteiger partial charge in [0.1, 0.15) is 11.5 Å². The van der Waals surface area contributed by atoms with Crippen LogP contribution in [0.1, 0.15) is 41.0 Å². The van der Waals surface area contributed by atoms with Crippen LogP contribution in [0.25, 0.3) is 10.9 Å². The van der Waals surface area contributed by atoms with E-state index in [1.807, 2.05) is 13.8 Å². The van der Waals surface area contributed by atoms with Crippen molar-refractivity contribution in [2.75, 3.05) is 0 Å². The lowest BCUT2D eigenvalue weighted by molar-refractivity contribution is 0.0941. The minimum Gasteiger partial charge on any atom is -0.347 e. The monoisotopic (exact) mass is 338 g/mol. The summed E-state index contributed by atoms with van der Waals surface area (Å²) in [6, 6.07) is 12.6. The highest BCUT2D eigenvalue weighted by Gasteiger charge is 2.19. The molecule has 0 saturated heterocycles. The summed E-state index contributed by atoms with van der Waals surface area (Å²) in [7, 11) is 0. The summed E-state index contributed by atoms with van der Waals surface area (Å²) in [5, 5.41) is 4.09. The lowest BCUT2D eigenvalue weighted by atomic mass is 10.1. The molecule has 2 aromatic carbocycles. The number of nitrogens with one attached hydrogen (secondary N) is 1. The van der Waals surface area contributed by atoms with E-state index in [9.17, 15) is 9.18 Å². The third-order valence-corrected chi connectivity index (χ3v) is 4.69.